The smallest absolute Gasteiger partial charge is 0.125 e. The summed E-state index contributed by atoms with van der Waals surface area (Å²) in [6, 6.07) is 10.7. The van der Waals surface area contributed by atoms with E-state index in [1.807, 2.05) is 6.92 Å². The van der Waals surface area contributed by atoms with Crippen LogP contribution in [0.15, 0.2) is 46.9 Å². The molecular formula is C14H12BrF2N. The second-order valence-corrected chi connectivity index (χ2v) is 4.90. The average Bonchev–Trinajstić information content (AvgIpc) is 2.28. The van der Waals surface area contributed by atoms with Gasteiger partial charge in [0.05, 0.1) is 0 Å². The van der Waals surface area contributed by atoms with Gasteiger partial charge in [-0.15, -0.1) is 0 Å². The predicted octanol–water partition coefficient (Wildman–Crippen LogP) is 4.90. The Morgan fingerprint density at radius 3 is 2.44 bits per heavy atom. The van der Waals surface area contributed by atoms with Crippen LogP contribution >= 0.6 is 15.9 Å². The van der Waals surface area contributed by atoms with Crippen LogP contribution in [-0.2, 0) is 0 Å². The number of hydrogen-bond acceptors (Lipinski definition) is 1. The lowest BCUT2D eigenvalue weighted by atomic mass is 10.1. The number of halogens is 3. The highest BCUT2D eigenvalue weighted by Gasteiger charge is 2.10. The molecule has 2 aromatic carbocycles. The third kappa shape index (κ3) is 3.07. The summed E-state index contributed by atoms with van der Waals surface area (Å²) < 4.78 is 26.7. The SMILES string of the molecule is CC(Nc1cccc(F)c1)c1ccc(F)cc1Br. The summed E-state index contributed by atoms with van der Waals surface area (Å²) in [6.07, 6.45) is 0. The Morgan fingerprint density at radius 2 is 1.78 bits per heavy atom. The molecule has 0 saturated carbocycles. The molecule has 1 unspecified atom stereocenters. The maximum absolute atomic E-state index is 13.1. The first kappa shape index (κ1) is 13.0. The van der Waals surface area contributed by atoms with Crippen LogP contribution in [0.25, 0.3) is 0 Å². The molecule has 0 bridgehead atoms. The Balaban J connectivity index is 2.19. The van der Waals surface area contributed by atoms with Crippen molar-refractivity contribution in [3.05, 3.63) is 64.1 Å². The van der Waals surface area contributed by atoms with Gasteiger partial charge in [0.2, 0.25) is 0 Å². The van der Waals surface area contributed by atoms with E-state index in [0.717, 1.165) is 5.56 Å². The molecule has 1 nitrogen and oxygen atoms in total. The van der Waals surface area contributed by atoms with Crippen molar-refractivity contribution < 1.29 is 8.78 Å². The lowest BCUT2D eigenvalue weighted by molar-refractivity contribution is 0.625. The highest BCUT2D eigenvalue weighted by Crippen LogP contribution is 2.27. The van der Waals surface area contributed by atoms with Crippen molar-refractivity contribution in [3.8, 4) is 0 Å². The first-order valence-electron chi connectivity index (χ1n) is 5.53. The van der Waals surface area contributed by atoms with Crippen molar-refractivity contribution in [3.63, 3.8) is 0 Å². The summed E-state index contributed by atoms with van der Waals surface area (Å²) in [4.78, 5) is 0. The molecule has 0 radical (unpaired) electrons. The maximum atomic E-state index is 13.1. The number of nitrogens with one attached hydrogen (secondary N) is 1. The molecule has 4 heteroatoms. The fraction of sp³-hybridized carbons (Fsp3) is 0.143. The summed E-state index contributed by atoms with van der Waals surface area (Å²) in [6.45, 7) is 1.93. The summed E-state index contributed by atoms with van der Waals surface area (Å²) >= 11 is 3.32. The Morgan fingerprint density at radius 1 is 1.06 bits per heavy atom. The molecule has 0 aliphatic carbocycles. The van der Waals surface area contributed by atoms with Gasteiger partial charge in [0.1, 0.15) is 11.6 Å². The zero-order valence-corrected chi connectivity index (χ0v) is 11.3. The Hall–Kier alpha value is -1.42. The van der Waals surface area contributed by atoms with Gasteiger partial charge >= 0.3 is 0 Å². The molecular weight excluding hydrogens is 300 g/mol. The summed E-state index contributed by atoms with van der Waals surface area (Å²) in [5, 5.41) is 3.17. The Bertz CT molecular complexity index is 557. The van der Waals surface area contributed by atoms with Crippen molar-refractivity contribution >= 4 is 21.6 Å². The summed E-state index contributed by atoms with van der Waals surface area (Å²) in [5.41, 5.74) is 1.61. The van der Waals surface area contributed by atoms with E-state index in [1.54, 1.807) is 18.2 Å². The van der Waals surface area contributed by atoms with Crippen LogP contribution in [0.1, 0.15) is 18.5 Å². The lowest BCUT2D eigenvalue weighted by Gasteiger charge is -2.17. The van der Waals surface area contributed by atoms with E-state index >= 15 is 0 Å². The number of hydrogen-bond donors (Lipinski definition) is 1. The zero-order valence-electron chi connectivity index (χ0n) is 9.75. The minimum absolute atomic E-state index is 0.0539. The quantitative estimate of drug-likeness (QED) is 0.850. The van der Waals surface area contributed by atoms with Gasteiger partial charge < -0.3 is 5.32 Å². The van der Waals surface area contributed by atoms with Crippen LogP contribution in [0.2, 0.25) is 0 Å². The maximum Gasteiger partial charge on any atom is 0.125 e. The second-order valence-electron chi connectivity index (χ2n) is 4.04. The van der Waals surface area contributed by atoms with E-state index < -0.39 is 0 Å². The van der Waals surface area contributed by atoms with Crippen molar-refractivity contribution in [1.82, 2.24) is 0 Å². The normalized spacial score (nSPS) is 12.2. The second kappa shape index (κ2) is 5.48. The van der Waals surface area contributed by atoms with E-state index in [4.69, 9.17) is 0 Å². The molecule has 1 N–H and O–H groups in total. The van der Waals surface area contributed by atoms with Gasteiger partial charge in [0.25, 0.3) is 0 Å². The molecule has 0 aliphatic heterocycles. The predicted molar refractivity (Wildman–Crippen MR) is 72.5 cm³/mol. The van der Waals surface area contributed by atoms with Crippen molar-refractivity contribution in [2.75, 3.05) is 5.32 Å². The minimum atomic E-state index is -0.288. The van der Waals surface area contributed by atoms with Gasteiger partial charge in [0, 0.05) is 16.2 Å². The molecule has 0 spiro atoms. The highest BCUT2D eigenvalue weighted by molar-refractivity contribution is 9.10. The Kier molecular flexibility index (Phi) is 3.97. The number of rotatable bonds is 3. The van der Waals surface area contributed by atoms with E-state index in [9.17, 15) is 8.78 Å². The van der Waals surface area contributed by atoms with Crippen LogP contribution in [0.3, 0.4) is 0 Å². The average molecular weight is 312 g/mol. The molecule has 0 heterocycles. The standard InChI is InChI=1S/C14H12BrF2N/c1-9(13-6-5-11(17)8-14(13)15)18-12-4-2-3-10(16)7-12/h2-9,18H,1H3. The fourth-order valence-corrected chi connectivity index (χ4v) is 2.45. The Labute approximate surface area is 113 Å². The molecule has 0 amide bonds. The molecule has 0 aliphatic rings. The van der Waals surface area contributed by atoms with E-state index in [1.165, 1.54) is 24.3 Å². The van der Waals surface area contributed by atoms with Gasteiger partial charge in [-0.2, -0.15) is 0 Å². The highest BCUT2D eigenvalue weighted by atomic mass is 79.9. The lowest BCUT2D eigenvalue weighted by Crippen LogP contribution is -2.07. The third-order valence-corrected chi connectivity index (χ3v) is 3.32. The van der Waals surface area contributed by atoms with Crippen LogP contribution < -0.4 is 5.32 Å². The summed E-state index contributed by atoms with van der Waals surface area (Å²) in [7, 11) is 0. The van der Waals surface area contributed by atoms with E-state index in [0.29, 0.717) is 10.2 Å². The molecule has 0 fully saturated rings. The molecule has 0 saturated heterocycles. The van der Waals surface area contributed by atoms with Crippen LogP contribution in [0, 0.1) is 11.6 Å². The first-order chi connectivity index (χ1) is 8.56. The van der Waals surface area contributed by atoms with Crippen LogP contribution in [0.5, 0.6) is 0 Å². The van der Waals surface area contributed by atoms with E-state index in [2.05, 4.69) is 21.2 Å². The molecule has 94 valence electrons. The van der Waals surface area contributed by atoms with Crippen molar-refractivity contribution in [2.45, 2.75) is 13.0 Å². The van der Waals surface area contributed by atoms with Gasteiger partial charge in [-0.3, -0.25) is 0 Å². The van der Waals surface area contributed by atoms with Crippen molar-refractivity contribution in [1.29, 1.82) is 0 Å². The number of anilines is 1. The topological polar surface area (TPSA) is 12.0 Å². The van der Waals surface area contributed by atoms with E-state index in [-0.39, 0.29) is 17.7 Å². The van der Waals surface area contributed by atoms with Crippen LogP contribution in [-0.4, -0.2) is 0 Å². The zero-order chi connectivity index (χ0) is 13.1. The third-order valence-electron chi connectivity index (χ3n) is 2.64. The fourth-order valence-electron chi connectivity index (χ4n) is 1.76. The van der Waals surface area contributed by atoms with Gasteiger partial charge in [-0.1, -0.05) is 28.1 Å². The van der Waals surface area contributed by atoms with Crippen LogP contribution in [0.4, 0.5) is 14.5 Å². The van der Waals surface area contributed by atoms with Crippen molar-refractivity contribution in [2.24, 2.45) is 0 Å². The monoisotopic (exact) mass is 311 g/mol. The van der Waals surface area contributed by atoms with Gasteiger partial charge in [0.15, 0.2) is 0 Å². The summed E-state index contributed by atoms with van der Waals surface area (Å²) in [5.74, 6) is -0.575. The molecule has 2 rings (SSSR count). The molecule has 1 atom stereocenters. The minimum Gasteiger partial charge on any atom is -0.378 e. The number of benzene rings is 2. The van der Waals surface area contributed by atoms with Gasteiger partial charge in [-0.05, 0) is 42.8 Å². The van der Waals surface area contributed by atoms with Gasteiger partial charge in [-0.25, -0.2) is 8.78 Å². The first-order valence-corrected chi connectivity index (χ1v) is 6.32. The molecule has 2 aromatic rings. The molecule has 18 heavy (non-hydrogen) atoms. The molecule has 0 aromatic heterocycles. The largest absolute Gasteiger partial charge is 0.378 e.